The molecule has 27 heavy (non-hydrogen) atoms. The van der Waals surface area contributed by atoms with Crippen molar-refractivity contribution in [2.45, 2.75) is 13.1 Å². The lowest BCUT2D eigenvalue weighted by Gasteiger charge is -2.04. The number of aromatic nitrogens is 3. The molecule has 0 aliphatic carbocycles. The SMILES string of the molecule is Cc1ccc2nc(NC(=O)c3cc(Cl)cc4nc(C(F)(F)F)[nH]c34)sc2c1. The van der Waals surface area contributed by atoms with Gasteiger partial charge >= 0.3 is 6.18 Å². The molecule has 0 fully saturated rings. The number of anilines is 1. The lowest BCUT2D eigenvalue weighted by atomic mass is 10.1. The van der Waals surface area contributed by atoms with Gasteiger partial charge in [-0.05, 0) is 36.8 Å². The van der Waals surface area contributed by atoms with E-state index in [-0.39, 0.29) is 21.6 Å². The summed E-state index contributed by atoms with van der Waals surface area (Å²) < 4.78 is 39.7. The van der Waals surface area contributed by atoms with Gasteiger partial charge in [-0.25, -0.2) is 9.97 Å². The molecule has 0 bridgehead atoms. The fourth-order valence-corrected chi connectivity index (χ4v) is 3.81. The molecule has 0 radical (unpaired) electrons. The highest BCUT2D eigenvalue weighted by Gasteiger charge is 2.35. The van der Waals surface area contributed by atoms with Crippen molar-refractivity contribution < 1.29 is 18.0 Å². The Morgan fingerprint density at radius 3 is 2.70 bits per heavy atom. The van der Waals surface area contributed by atoms with Crippen LogP contribution in [0.3, 0.4) is 0 Å². The molecule has 2 aromatic heterocycles. The van der Waals surface area contributed by atoms with Gasteiger partial charge in [0, 0.05) is 5.02 Å². The van der Waals surface area contributed by atoms with Crippen LogP contribution in [0.25, 0.3) is 21.3 Å². The number of halogens is 4. The van der Waals surface area contributed by atoms with Crippen LogP contribution in [0.15, 0.2) is 30.3 Å². The molecule has 138 valence electrons. The van der Waals surface area contributed by atoms with Crippen molar-refractivity contribution in [2.24, 2.45) is 0 Å². The molecule has 2 heterocycles. The maximum atomic E-state index is 12.9. The van der Waals surface area contributed by atoms with Gasteiger partial charge in [-0.2, -0.15) is 13.2 Å². The average Bonchev–Trinajstić information content (AvgIpc) is 3.16. The number of hydrogen-bond acceptors (Lipinski definition) is 4. The molecule has 0 saturated heterocycles. The summed E-state index contributed by atoms with van der Waals surface area (Å²) in [4.78, 5) is 22.6. The monoisotopic (exact) mass is 410 g/mol. The fraction of sp³-hybridized carbons (Fsp3) is 0.118. The van der Waals surface area contributed by atoms with Crippen molar-refractivity contribution in [2.75, 3.05) is 5.32 Å². The summed E-state index contributed by atoms with van der Waals surface area (Å²) in [5.41, 5.74) is 1.65. The number of H-pyrrole nitrogens is 1. The standard InChI is InChI=1S/C17H10ClF3N4OS/c1-7-2-3-10-12(4-7)27-16(23-10)25-14(26)9-5-8(18)6-11-13(9)24-15(22-11)17(19,20)21/h2-6H,1H3,(H,22,24)(H,23,25,26). The number of fused-ring (bicyclic) bond motifs is 2. The van der Waals surface area contributed by atoms with Gasteiger partial charge in [-0.1, -0.05) is 29.0 Å². The van der Waals surface area contributed by atoms with Gasteiger partial charge in [-0.3, -0.25) is 10.1 Å². The summed E-state index contributed by atoms with van der Waals surface area (Å²) >= 11 is 7.22. The van der Waals surface area contributed by atoms with Crippen molar-refractivity contribution in [1.82, 2.24) is 15.0 Å². The number of aryl methyl sites for hydroxylation is 1. The number of carbonyl (C=O) groups excluding carboxylic acids is 1. The number of imidazole rings is 1. The van der Waals surface area contributed by atoms with E-state index in [4.69, 9.17) is 11.6 Å². The maximum Gasteiger partial charge on any atom is 0.449 e. The molecule has 2 N–H and O–H groups in total. The van der Waals surface area contributed by atoms with Crippen molar-refractivity contribution in [3.8, 4) is 0 Å². The lowest BCUT2D eigenvalue weighted by molar-refractivity contribution is -0.144. The molecule has 10 heteroatoms. The second kappa shape index (κ2) is 6.21. The molecule has 0 saturated carbocycles. The molecule has 1 amide bonds. The third-order valence-corrected chi connectivity index (χ3v) is 4.99. The van der Waals surface area contributed by atoms with Crippen LogP contribution in [-0.2, 0) is 6.18 Å². The normalized spacial score (nSPS) is 12.0. The Morgan fingerprint density at radius 2 is 1.96 bits per heavy atom. The highest BCUT2D eigenvalue weighted by atomic mass is 35.5. The Kier molecular flexibility index (Phi) is 4.08. The highest BCUT2D eigenvalue weighted by Crippen LogP contribution is 2.32. The molecule has 4 aromatic rings. The third-order valence-electron chi connectivity index (χ3n) is 3.84. The Morgan fingerprint density at radius 1 is 1.19 bits per heavy atom. The molecule has 5 nitrogen and oxygen atoms in total. The third kappa shape index (κ3) is 3.35. The van der Waals surface area contributed by atoms with E-state index >= 15 is 0 Å². The van der Waals surface area contributed by atoms with Crippen LogP contribution in [0, 0.1) is 6.92 Å². The fourth-order valence-electron chi connectivity index (χ4n) is 2.64. The van der Waals surface area contributed by atoms with Crippen LogP contribution in [0.2, 0.25) is 5.02 Å². The van der Waals surface area contributed by atoms with Gasteiger partial charge in [-0.15, -0.1) is 0 Å². The predicted molar refractivity (Wildman–Crippen MR) is 98.4 cm³/mol. The number of nitrogens with one attached hydrogen (secondary N) is 2. The highest BCUT2D eigenvalue weighted by molar-refractivity contribution is 7.22. The Labute approximate surface area is 159 Å². The minimum atomic E-state index is -4.66. The Balaban J connectivity index is 1.73. The van der Waals surface area contributed by atoms with Gasteiger partial charge in [0.05, 0.1) is 26.8 Å². The van der Waals surface area contributed by atoms with Crippen LogP contribution >= 0.6 is 22.9 Å². The topological polar surface area (TPSA) is 70.7 Å². The zero-order valence-corrected chi connectivity index (χ0v) is 15.2. The van der Waals surface area contributed by atoms with E-state index in [1.165, 1.54) is 23.5 Å². The first-order valence-electron chi connectivity index (χ1n) is 7.66. The maximum absolute atomic E-state index is 12.9. The number of carbonyl (C=O) groups is 1. The second-order valence-electron chi connectivity index (χ2n) is 5.87. The summed E-state index contributed by atoms with van der Waals surface area (Å²) in [5.74, 6) is -1.82. The van der Waals surface area contributed by atoms with Crippen LogP contribution in [0.4, 0.5) is 18.3 Å². The van der Waals surface area contributed by atoms with E-state index in [1.807, 2.05) is 25.1 Å². The van der Waals surface area contributed by atoms with Crippen molar-refractivity contribution in [3.05, 3.63) is 52.3 Å². The van der Waals surface area contributed by atoms with Crippen LogP contribution in [0.5, 0.6) is 0 Å². The first-order chi connectivity index (χ1) is 12.7. The summed E-state index contributed by atoms with van der Waals surface area (Å²) in [7, 11) is 0. The van der Waals surface area contributed by atoms with E-state index in [1.54, 1.807) is 0 Å². The number of hydrogen-bond donors (Lipinski definition) is 2. The van der Waals surface area contributed by atoms with E-state index in [0.717, 1.165) is 15.8 Å². The number of aromatic amines is 1. The molecule has 0 spiro atoms. The average molecular weight is 411 g/mol. The smallest absolute Gasteiger partial charge is 0.334 e. The first-order valence-corrected chi connectivity index (χ1v) is 8.85. The van der Waals surface area contributed by atoms with Crippen molar-refractivity contribution in [3.63, 3.8) is 0 Å². The first kappa shape index (κ1) is 17.7. The number of benzene rings is 2. The van der Waals surface area contributed by atoms with Gasteiger partial charge < -0.3 is 4.98 Å². The van der Waals surface area contributed by atoms with E-state index in [2.05, 4.69) is 20.3 Å². The molecule has 0 aliphatic rings. The molecule has 0 atom stereocenters. The summed E-state index contributed by atoms with van der Waals surface area (Å²) in [6.07, 6.45) is -4.66. The minimum absolute atomic E-state index is 0.0406. The van der Waals surface area contributed by atoms with Crippen molar-refractivity contribution in [1.29, 1.82) is 0 Å². The zero-order valence-electron chi connectivity index (χ0n) is 13.6. The summed E-state index contributed by atoms with van der Waals surface area (Å²) in [6, 6.07) is 8.22. The quantitative estimate of drug-likeness (QED) is 0.464. The Bertz CT molecular complexity index is 1200. The number of amides is 1. The van der Waals surface area contributed by atoms with E-state index in [0.29, 0.717) is 5.13 Å². The van der Waals surface area contributed by atoms with Crippen LogP contribution in [-0.4, -0.2) is 20.9 Å². The molecule has 0 aliphatic heterocycles. The molecule has 0 unspecified atom stereocenters. The second-order valence-corrected chi connectivity index (χ2v) is 7.34. The largest absolute Gasteiger partial charge is 0.449 e. The summed E-state index contributed by atoms with van der Waals surface area (Å²) in [5, 5.41) is 3.06. The molecular weight excluding hydrogens is 401 g/mol. The minimum Gasteiger partial charge on any atom is -0.334 e. The lowest BCUT2D eigenvalue weighted by Crippen LogP contribution is -2.12. The van der Waals surface area contributed by atoms with E-state index in [9.17, 15) is 18.0 Å². The number of thiazole rings is 1. The Hall–Kier alpha value is -2.65. The van der Waals surface area contributed by atoms with E-state index < -0.39 is 17.9 Å². The molecule has 4 rings (SSSR count). The molecule has 2 aromatic carbocycles. The van der Waals surface area contributed by atoms with Gasteiger partial charge in [0.2, 0.25) is 5.82 Å². The van der Waals surface area contributed by atoms with Gasteiger partial charge in [0.1, 0.15) is 0 Å². The van der Waals surface area contributed by atoms with Crippen LogP contribution < -0.4 is 5.32 Å². The number of nitrogens with zero attached hydrogens (tertiary/aromatic N) is 2. The summed E-state index contributed by atoms with van der Waals surface area (Å²) in [6.45, 7) is 1.94. The molecular formula is C17H10ClF3N4OS. The predicted octanol–water partition coefficient (Wildman–Crippen LogP) is 5.41. The number of alkyl halides is 3. The van der Waals surface area contributed by atoms with Gasteiger partial charge in [0.15, 0.2) is 5.13 Å². The van der Waals surface area contributed by atoms with Crippen molar-refractivity contribution >= 4 is 55.2 Å². The zero-order chi connectivity index (χ0) is 19.3. The van der Waals surface area contributed by atoms with Gasteiger partial charge in [0.25, 0.3) is 5.91 Å². The van der Waals surface area contributed by atoms with Crippen LogP contribution in [0.1, 0.15) is 21.7 Å². The number of rotatable bonds is 2.